The summed E-state index contributed by atoms with van der Waals surface area (Å²) in [5, 5.41) is 7.91. The summed E-state index contributed by atoms with van der Waals surface area (Å²) in [4.78, 5) is 4.15. The molecule has 2 heterocycles. The highest BCUT2D eigenvalue weighted by Crippen LogP contribution is 2.25. The third-order valence-corrected chi connectivity index (χ3v) is 5.21. The molecule has 0 aliphatic carbocycles. The van der Waals surface area contributed by atoms with Crippen LogP contribution < -0.4 is 4.72 Å². The molecule has 0 amide bonds. The minimum absolute atomic E-state index is 0.00772. The molecule has 0 aliphatic rings. The van der Waals surface area contributed by atoms with Crippen molar-refractivity contribution in [3.05, 3.63) is 46.6 Å². The van der Waals surface area contributed by atoms with Gasteiger partial charge in [0.15, 0.2) is 5.76 Å². The van der Waals surface area contributed by atoms with Crippen LogP contribution in [0.25, 0.3) is 11.4 Å². The van der Waals surface area contributed by atoms with E-state index in [-0.39, 0.29) is 34.6 Å². The average Bonchev–Trinajstić information content (AvgIpc) is 3.13. The van der Waals surface area contributed by atoms with Crippen molar-refractivity contribution in [3.63, 3.8) is 0 Å². The third kappa shape index (κ3) is 3.18. The number of sulfonamides is 1. The van der Waals surface area contributed by atoms with E-state index in [0.29, 0.717) is 10.6 Å². The predicted molar refractivity (Wildman–Crippen MR) is 84.7 cm³/mol. The highest BCUT2D eigenvalue weighted by Gasteiger charge is 2.24. The van der Waals surface area contributed by atoms with Gasteiger partial charge in [-0.2, -0.15) is 4.98 Å². The third-order valence-electron chi connectivity index (χ3n) is 3.23. The van der Waals surface area contributed by atoms with Crippen LogP contribution in [0.1, 0.15) is 17.3 Å². The van der Waals surface area contributed by atoms with Gasteiger partial charge in [0, 0.05) is 5.56 Å². The molecule has 0 atom stereocenters. The van der Waals surface area contributed by atoms with Crippen LogP contribution in [-0.2, 0) is 16.6 Å². The van der Waals surface area contributed by atoms with Crippen molar-refractivity contribution in [2.75, 3.05) is 0 Å². The van der Waals surface area contributed by atoms with E-state index >= 15 is 0 Å². The van der Waals surface area contributed by atoms with E-state index in [1.165, 1.54) is 6.92 Å². The van der Waals surface area contributed by atoms with Crippen molar-refractivity contribution in [2.45, 2.75) is 25.3 Å². The molecule has 3 rings (SSSR count). The van der Waals surface area contributed by atoms with Crippen LogP contribution in [0.4, 0.5) is 0 Å². The second kappa shape index (κ2) is 6.34. The number of hydrogen-bond acceptors (Lipinski definition) is 7. The standard InChI is InChI=1S/C14H13ClN4O4S/c1-8-13(9(2)22-18-8)24(20,21)16-7-12-17-14(19-23-12)10-5-3-4-6-11(10)15/h3-6,16H,7H2,1-2H3. The molecular formula is C14H13ClN4O4S. The Kier molecular flexibility index (Phi) is 4.39. The van der Waals surface area contributed by atoms with E-state index in [1.54, 1.807) is 31.2 Å². The zero-order valence-electron chi connectivity index (χ0n) is 12.8. The topological polar surface area (TPSA) is 111 Å². The first-order valence-corrected chi connectivity index (χ1v) is 8.74. The SMILES string of the molecule is Cc1noc(C)c1S(=O)(=O)NCc1nc(-c2ccccc2Cl)no1. The van der Waals surface area contributed by atoms with Crippen molar-refractivity contribution in [1.29, 1.82) is 0 Å². The molecule has 3 aromatic rings. The van der Waals surface area contributed by atoms with Crippen LogP contribution in [0.2, 0.25) is 5.02 Å². The summed E-state index contributed by atoms with van der Waals surface area (Å²) in [5.74, 6) is 0.606. The molecule has 1 N–H and O–H groups in total. The van der Waals surface area contributed by atoms with E-state index in [9.17, 15) is 8.42 Å². The van der Waals surface area contributed by atoms with Gasteiger partial charge < -0.3 is 9.05 Å². The van der Waals surface area contributed by atoms with Crippen LogP contribution in [-0.4, -0.2) is 23.7 Å². The Labute approximate surface area is 142 Å². The summed E-state index contributed by atoms with van der Waals surface area (Å²) in [7, 11) is -3.80. The van der Waals surface area contributed by atoms with Gasteiger partial charge in [-0.1, -0.05) is 34.0 Å². The van der Waals surface area contributed by atoms with Gasteiger partial charge in [-0.05, 0) is 26.0 Å². The number of halogens is 1. The molecule has 0 saturated heterocycles. The minimum atomic E-state index is -3.80. The fourth-order valence-corrected chi connectivity index (χ4v) is 3.69. The zero-order chi connectivity index (χ0) is 17.3. The van der Waals surface area contributed by atoms with Crippen molar-refractivity contribution >= 4 is 21.6 Å². The number of hydrogen-bond donors (Lipinski definition) is 1. The fraction of sp³-hybridized carbons (Fsp3) is 0.214. The molecule has 0 spiro atoms. The molecule has 0 aliphatic heterocycles. The summed E-state index contributed by atoms with van der Waals surface area (Å²) in [5.41, 5.74) is 0.880. The summed E-state index contributed by atoms with van der Waals surface area (Å²) < 4.78 is 37.0. The number of rotatable bonds is 5. The number of nitrogens with zero attached hydrogens (tertiary/aromatic N) is 3. The van der Waals surface area contributed by atoms with Crippen LogP contribution in [0.5, 0.6) is 0 Å². The fourth-order valence-electron chi connectivity index (χ4n) is 2.17. The average molecular weight is 369 g/mol. The Morgan fingerprint density at radius 3 is 2.58 bits per heavy atom. The van der Waals surface area contributed by atoms with Crippen molar-refractivity contribution in [1.82, 2.24) is 20.0 Å². The van der Waals surface area contributed by atoms with E-state index in [2.05, 4.69) is 20.0 Å². The van der Waals surface area contributed by atoms with Gasteiger partial charge in [0.1, 0.15) is 10.6 Å². The number of aromatic nitrogens is 3. The molecule has 2 aromatic heterocycles. The second-order valence-electron chi connectivity index (χ2n) is 4.97. The van der Waals surface area contributed by atoms with Crippen molar-refractivity contribution < 1.29 is 17.5 Å². The largest absolute Gasteiger partial charge is 0.360 e. The lowest BCUT2D eigenvalue weighted by Gasteiger charge is -2.03. The van der Waals surface area contributed by atoms with E-state index in [1.807, 2.05) is 0 Å². The minimum Gasteiger partial charge on any atom is -0.360 e. The first-order valence-electron chi connectivity index (χ1n) is 6.88. The quantitative estimate of drug-likeness (QED) is 0.736. The van der Waals surface area contributed by atoms with Crippen LogP contribution >= 0.6 is 11.6 Å². The molecular weight excluding hydrogens is 356 g/mol. The van der Waals surface area contributed by atoms with Gasteiger partial charge in [-0.25, -0.2) is 13.1 Å². The highest BCUT2D eigenvalue weighted by molar-refractivity contribution is 7.89. The van der Waals surface area contributed by atoms with Gasteiger partial charge >= 0.3 is 0 Å². The molecule has 0 fully saturated rings. The van der Waals surface area contributed by atoms with Crippen LogP contribution in [0.15, 0.2) is 38.2 Å². The maximum Gasteiger partial charge on any atom is 0.246 e. The smallest absolute Gasteiger partial charge is 0.246 e. The Morgan fingerprint density at radius 1 is 1.17 bits per heavy atom. The molecule has 24 heavy (non-hydrogen) atoms. The molecule has 0 bridgehead atoms. The molecule has 0 saturated carbocycles. The number of nitrogens with one attached hydrogen (secondary N) is 1. The molecule has 10 heteroatoms. The first kappa shape index (κ1) is 16.6. The lowest BCUT2D eigenvalue weighted by atomic mass is 10.2. The maximum atomic E-state index is 12.3. The molecule has 1 aromatic carbocycles. The second-order valence-corrected chi connectivity index (χ2v) is 7.08. The lowest BCUT2D eigenvalue weighted by molar-refractivity contribution is 0.375. The van der Waals surface area contributed by atoms with Gasteiger partial charge in [0.05, 0.1) is 11.6 Å². The Morgan fingerprint density at radius 2 is 1.92 bits per heavy atom. The van der Waals surface area contributed by atoms with Gasteiger partial charge in [0.25, 0.3) is 0 Å². The normalized spacial score (nSPS) is 11.8. The van der Waals surface area contributed by atoms with Gasteiger partial charge in [-0.3, -0.25) is 0 Å². The van der Waals surface area contributed by atoms with Gasteiger partial charge in [-0.15, -0.1) is 0 Å². The van der Waals surface area contributed by atoms with Crippen LogP contribution in [0, 0.1) is 13.8 Å². The van der Waals surface area contributed by atoms with Crippen molar-refractivity contribution in [3.8, 4) is 11.4 Å². The van der Waals surface area contributed by atoms with E-state index in [0.717, 1.165) is 0 Å². The Hall–Kier alpha value is -2.23. The summed E-state index contributed by atoms with van der Waals surface area (Å²) in [6, 6.07) is 7.01. The van der Waals surface area contributed by atoms with Gasteiger partial charge in [0.2, 0.25) is 21.7 Å². The Balaban J connectivity index is 1.78. The highest BCUT2D eigenvalue weighted by atomic mass is 35.5. The Bertz CT molecular complexity index is 961. The van der Waals surface area contributed by atoms with Crippen LogP contribution in [0.3, 0.4) is 0 Å². The summed E-state index contributed by atoms with van der Waals surface area (Å²) in [6.07, 6.45) is 0. The molecule has 126 valence electrons. The predicted octanol–water partition coefficient (Wildman–Crippen LogP) is 2.47. The molecule has 8 nitrogen and oxygen atoms in total. The number of aryl methyl sites for hydroxylation is 2. The monoisotopic (exact) mass is 368 g/mol. The van der Waals surface area contributed by atoms with E-state index < -0.39 is 10.0 Å². The lowest BCUT2D eigenvalue weighted by Crippen LogP contribution is -2.24. The molecule has 0 unspecified atom stereocenters. The molecule has 0 radical (unpaired) electrons. The maximum absolute atomic E-state index is 12.3. The summed E-state index contributed by atoms with van der Waals surface area (Å²) in [6.45, 7) is 2.91. The zero-order valence-corrected chi connectivity index (χ0v) is 14.3. The summed E-state index contributed by atoms with van der Waals surface area (Å²) >= 11 is 6.07. The van der Waals surface area contributed by atoms with Crippen molar-refractivity contribution in [2.24, 2.45) is 0 Å². The number of benzene rings is 1. The van der Waals surface area contributed by atoms with E-state index in [4.69, 9.17) is 20.6 Å². The first-order chi connectivity index (χ1) is 11.4.